The molecule has 0 aliphatic rings. The van der Waals surface area contributed by atoms with E-state index in [1.165, 1.54) is 0 Å². The van der Waals surface area contributed by atoms with E-state index in [4.69, 9.17) is 20.6 Å². The molecule has 0 saturated carbocycles. The minimum atomic E-state index is -3.40. The predicted molar refractivity (Wildman–Crippen MR) is 78.4 cm³/mol. The van der Waals surface area contributed by atoms with Crippen molar-refractivity contribution in [2.45, 2.75) is 39.9 Å². The third-order valence-electron chi connectivity index (χ3n) is 1.88. The van der Waals surface area contributed by atoms with Crippen molar-refractivity contribution in [3.05, 3.63) is 34.9 Å². The third kappa shape index (κ3) is 6.27. The summed E-state index contributed by atoms with van der Waals surface area (Å²) in [5.74, 6) is 2.80. The van der Waals surface area contributed by atoms with Crippen LogP contribution in [0.3, 0.4) is 0 Å². The first-order valence-corrected chi connectivity index (χ1v) is 7.98. The van der Waals surface area contributed by atoms with Crippen molar-refractivity contribution in [1.29, 1.82) is 0 Å². The van der Waals surface area contributed by atoms with Gasteiger partial charge in [-0.15, -0.1) is 0 Å². The van der Waals surface area contributed by atoms with Gasteiger partial charge >= 0.3 is 7.60 Å². The van der Waals surface area contributed by atoms with Crippen LogP contribution in [0.1, 0.15) is 33.3 Å². The monoisotopic (exact) mass is 300 g/mol. The van der Waals surface area contributed by atoms with Gasteiger partial charge in [-0.25, -0.2) is 4.57 Å². The molecular weight excluding hydrogens is 283 g/mol. The average Bonchev–Trinajstić information content (AvgIpc) is 2.26. The third-order valence-corrected chi connectivity index (χ3v) is 3.92. The van der Waals surface area contributed by atoms with Crippen molar-refractivity contribution >= 4 is 19.2 Å². The minimum absolute atomic E-state index is 0.218. The number of halogens is 1. The molecule has 0 saturated heterocycles. The molecule has 104 valence electrons. The van der Waals surface area contributed by atoms with E-state index in [9.17, 15) is 4.57 Å². The zero-order valence-corrected chi connectivity index (χ0v) is 13.2. The molecule has 0 bridgehead atoms. The summed E-state index contributed by atoms with van der Waals surface area (Å²) in [4.78, 5) is 0. The van der Waals surface area contributed by atoms with Crippen molar-refractivity contribution in [2.75, 3.05) is 0 Å². The SMILES string of the molecule is CC(C)OP(=O)(C#Cc1ccc(Cl)cc1)OC(C)C. The fourth-order valence-corrected chi connectivity index (χ4v) is 2.96. The molecule has 0 N–H and O–H groups in total. The van der Waals surface area contributed by atoms with Crippen LogP contribution in [0.5, 0.6) is 0 Å². The van der Waals surface area contributed by atoms with Crippen LogP contribution in [0.25, 0.3) is 0 Å². The summed E-state index contributed by atoms with van der Waals surface area (Å²) in [5, 5.41) is 0.630. The lowest BCUT2D eigenvalue weighted by atomic mass is 10.2. The zero-order chi connectivity index (χ0) is 14.5. The summed E-state index contributed by atoms with van der Waals surface area (Å²) in [5.41, 5.74) is 3.32. The fourth-order valence-electron chi connectivity index (χ4n) is 1.30. The maximum Gasteiger partial charge on any atom is 0.406 e. The topological polar surface area (TPSA) is 35.5 Å². The van der Waals surface area contributed by atoms with Gasteiger partial charge in [-0.05, 0) is 52.0 Å². The Morgan fingerprint density at radius 3 is 1.95 bits per heavy atom. The Bertz CT molecular complexity index is 498. The lowest BCUT2D eigenvalue weighted by Gasteiger charge is -2.17. The Kier molecular flexibility index (Phi) is 6.10. The van der Waals surface area contributed by atoms with Crippen LogP contribution >= 0.6 is 19.2 Å². The standard InChI is InChI=1S/C14H18ClO3P/c1-11(2)17-19(16,18-12(3)4)10-9-13-5-7-14(15)8-6-13/h5-8,11-12H,1-4H3. The van der Waals surface area contributed by atoms with Crippen LogP contribution in [0.15, 0.2) is 24.3 Å². The van der Waals surface area contributed by atoms with E-state index in [1.807, 2.05) is 0 Å². The van der Waals surface area contributed by atoms with E-state index in [1.54, 1.807) is 52.0 Å². The normalized spacial score (nSPS) is 11.5. The van der Waals surface area contributed by atoms with Gasteiger partial charge in [-0.2, -0.15) is 0 Å². The highest BCUT2D eigenvalue weighted by atomic mass is 35.5. The van der Waals surface area contributed by atoms with Gasteiger partial charge in [0.05, 0.1) is 12.2 Å². The molecule has 0 aliphatic carbocycles. The van der Waals surface area contributed by atoms with Crippen molar-refractivity contribution in [3.63, 3.8) is 0 Å². The van der Waals surface area contributed by atoms with Crippen molar-refractivity contribution in [3.8, 4) is 11.6 Å². The summed E-state index contributed by atoms with van der Waals surface area (Å²) in [6.07, 6.45) is -0.437. The van der Waals surface area contributed by atoms with E-state index < -0.39 is 7.60 Å². The van der Waals surface area contributed by atoms with Crippen LogP contribution < -0.4 is 0 Å². The summed E-state index contributed by atoms with van der Waals surface area (Å²) in [6.45, 7) is 7.17. The molecule has 0 fully saturated rings. The maximum absolute atomic E-state index is 12.4. The molecule has 0 aliphatic heterocycles. The van der Waals surface area contributed by atoms with Gasteiger partial charge in [0.1, 0.15) is 0 Å². The number of hydrogen-bond donors (Lipinski definition) is 0. The van der Waals surface area contributed by atoms with Crippen LogP contribution in [0.4, 0.5) is 0 Å². The van der Waals surface area contributed by atoms with Crippen LogP contribution in [0.2, 0.25) is 5.02 Å². The van der Waals surface area contributed by atoms with Gasteiger partial charge in [-0.3, -0.25) is 9.05 Å². The first-order chi connectivity index (χ1) is 8.81. The van der Waals surface area contributed by atoms with Crippen LogP contribution in [-0.4, -0.2) is 12.2 Å². The first-order valence-electron chi connectivity index (χ1n) is 6.06. The second kappa shape index (κ2) is 7.12. The predicted octanol–water partition coefficient (Wildman–Crippen LogP) is 4.69. The average molecular weight is 301 g/mol. The summed E-state index contributed by atoms with van der Waals surface area (Å²) >= 11 is 5.79. The first kappa shape index (κ1) is 16.3. The zero-order valence-electron chi connectivity index (χ0n) is 11.5. The molecule has 0 atom stereocenters. The molecule has 0 radical (unpaired) electrons. The number of hydrogen-bond acceptors (Lipinski definition) is 3. The van der Waals surface area contributed by atoms with Crippen molar-refractivity contribution in [2.24, 2.45) is 0 Å². The highest BCUT2D eigenvalue weighted by Crippen LogP contribution is 2.49. The van der Waals surface area contributed by atoms with E-state index in [2.05, 4.69) is 11.6 Å². The lowest BCUT2D eigenvalue weighted by molar-refractivity contribution is 0.151. The smallest absolute Gasteiger partial charge is 0.297 e. The molecule has 19 heavy (non-hydrogen) atoms. The van der Waals surface area contributed by atoms with Crippen molar-refractivity contribution in [1.82, 2.24) is 0 Å². The molecule has 0 aromatic heterocycles. The molecule has 3 nitrogen and oxygen atoms in total. The van der Waals surface area contributed by atoms with E-state index in [0.29, 0.717) is 10.6 Å². The largest absolute Gasteiger partial charge is 0.406 e. The molecule has 1 aromatic carbocycles. The maximum atomic E-state index is 12.4. The Hall–Kier alpha value is -0.780. The highest BCUT2D eigenvalue weighted by Gasteiger charge is 2.25. The summed E-state index contributed by atoms with van der Waals surface area (Å²) < 4.78 is 23.1. The van der Waals surface area contributed by atoms with Gasteiger partial charge in [-0.1, -0.05) is 17.5 Å². The van der Waals surface area contributed by atoms with Gasteiger partial charge in [0.25, 0.3) is 0 Å². The molecule has 0 unspecified atom stereocenters. The summed E-state index contributed by atoms with van der Waals surface area (Å²) in [6, 6.07) is 6.96. The Labute approximate surface area is 119 Å². The quantitative estimate of drug-likeness (QED) is 0.597. The van der Waals surface area contributed by atoms with Crippen molar-refractivity contribution < 1.29 is 13.6 Å². The van der Waals surface area contributed by atoms with Gasteiger partial charge < -0.3 is 0 Å². The molecule has 0 spiro atoms. The molecular formula is C14H18ClO3P. The van der Waals surface area contributed by atoms with Crippen LogP contribution in [-0.2, 0) is 13.6 Å². The van der Waals surface area contributed by atoms with E-state index in [0.717, 1.165) is 0 Å². The Balaban J connectivity index is 2.95. The fraction of sp³-hybridized carbons (Fsp3) is 0.429. The number of benzene rings is 1. The molecule has 1 aromatic rings. The van der Waals surface area contributed by atoms with E-state index >= 15 is 0 Å². The van der Waals surface area contributed by atoms with Crippen LogP contribution in [0, 0.1) is 11.6 Å². The molecule has 5 heteroatoms. The molecule has 0 amide bonds. The minimum Gasteiger partial charge on any atom is -0.297 e. The second-order valence-electron chi connectivity index (χ2n) is 4.55. The van der Waals surface area contributed by atoms with Gasteiger partial charge in [0, 0.05) is 16.2 Å². The van der Waals surface area contributed by atoms with Gasteiger partial charge in [0.2, 0.25) is 0 Å². The molecule has 0 heterocycles. The molecule has 1 rings (SSSR count). The second-order valence-corrected chi connectivity index (χ2v) is 6.63. The van der Waals surface area contributed by atoms with E-state index in [-0.39, 0.29) is 12.2 Å². The Morgan fingerprint density at radius 2 is 1.53 bits per heavy atom. The Morgan fingerprint density at radius 1 is 1.05 bits per heavy atom. The highest BCUT2D eigenvalue weighted by molar-refractivity contribution is 7.59. The van der Waals surface area contributed by atoms with Gasteiger partial charge in [0.15, 0.2) is 0 Å². The number of rotatable bonds is 4. The lowest BCUT2D eigenvalue weighted by Crippen LogP contribution is -2.06. The summed E-state index contributed by atoms with van der Waals surface area (Å²) in [7, 11) is -3.40.